The van der Waals surface area contributed by atoms with Gasteiger partial charge in [-0.15, -0.1) is 24.0 Å². The van der Waals surface area contributed by atoms with Crippen molar-refractivity contribution in [2.24, 2.45) is 4.99 Å². The number of piperidine rings is 1. The zero-order valence-corrected chi connectivity index (χ0v) is 21.8. The van der Waals surface area contributed by atoms with Crippen molar-refractivity contribution in [1.82, 2.24) is 20.5 Å². The average Bonchev–Trinajstić information content (AvgIpc) is 2.77. The van der Waals surface area contributed by atoms with Crippen LogP contribution in [0, 0.1) is 0 Å². The second kappa shape index (κ2) is 14.1. The normalized spacial score (nSPS) is 20.9. The van der Waals surface area contributed by atoms with Crippen molar-refractivity contribution in [3.8, 4) is 0 Å². The fourth-order valence-electron chi connectivity index (χ4n) is 4.12. The lowest BCUT2D eigenvalue weighted by atomic mass is 10.0. The van der Waals surface area contributed by atoms with Gasteiger partial charge in [0.2, 0.25) is 0 Å². The highest BCUT2D eigenvalue weighted by Gasteiger charge is 2.20. The minimum absolute atomic E-state index is 0. The van der Waals surface area contributed by atoms with Crippen molar-refractivity contribution in [2.45, 2.75) is 65.1 Å². The van der Waals surface area contributed by atoms with E-state index in [1.165, 1.54) is 50.9 Å². The monoisotopic (exact) mass is 544 g/mol. The Kier molecular flexibility index (Phi) is 11.9. The third-order valence-corrected chi connectivity index (χ3v) is 5.90. The molecule has 3 heterocycles. The third-order valence-electron chi connectivity index (χ3n) is 5.90. The molecular weight excluding hydrogens is 503 g/mol. The van der Waals surface area contributed by atoms with Crippen LogP contribution in [0.2, 0.25) is 0 Å². The first kappa shape index (κ1) is 26.1. The molecule has 2 saturated heterocycles. The summed E-state index contributed by atoms with van der Waals surface area (Å²) in [4.78, 5) is 14.3. The van der Waals surface area contributed by atoms with Gasteiger partial charge in [0.15, 0.2) is 5.96 Å². The summed E-state index contributed by atoms with van der Waals surface area (Å²) in [6.07, 6.45) is 7.09. The Balaban J connectivity index is 0.00000341. The van der Waals surface area contributed by atoms with Crippen LogP contribution < -0.4 is 15.5 Å². The van der Waals surface area contributed by atoms with Gasteiger partial charge in [0, 0.05) is 45.0 Å². The topological polar surface area (TPSA) is 65.0 Å². The van der Waals surface area contributed by atoms with Crippen molar-refractivity contribution >= 4 is 35.8 Å². The fraction of sp³-hybridized carbons (Fsp3) is 0.739. The number of likely N-dealkylation sites (tertiary alicyclic amines) is 1. The highest BCUT2D eigenvalue weighted by molar-refractivity contribution is 14.0. The molecule has 0 saturated carbocycles. The van der Waals surface area contributed by atoms with E-state index in [4.69, 9.17) is 9.73 Å². The van der Waals surface area contributed by atoms with E-state index in [0.29, 0.717) is 12.6 Å². The van der Waals surface area contributed by atoms with Crippen molar-refractivity contribution in [1.29, 1.82) is 0 Å². The number of aromatic nitrogens is 1. The molecule has 0 aromatic carbocycles. The second-order valence-corrected chi connectivity index (χ2v) is 8.46. The molecule has 7 nitrogen and oxygen atoms in total. The molecule has 0 amide bonds. The Morgan fingerprint density at radius 3 is 2.77 bits per heavy atom. The van der Waals surface area contributed by atoms with Gasteiger partial charge < -0.3 is 25.2 Å². The zero-order chi connectivity index (χ0) is 21.2. The van der Waals surface area contributed by atoms with Gasteiger partial charge in [0.05, 0.1) is 19.3 Å². The van der Waals surface area contributed by atoms with Gasteiger partial charge in [-0.2, -0.15) is 0 Å². The number of pyridine rings is 1. The van der Waals surface area contributed by atoms with Crippen molar-refractivity contribution < 1.29 is 4.74 Å². The molecule has 1 aromatic heterocycles. The fourth-order valence-corrected chi connectivity index (χ4v) is 4.12. The highest BCUT2D eigenvalue weighted by Crippen LogP contribution is 2.17. The molecule has 2 N–H and O–H groups in total. The lowest BCUT2D eigenvalue weighted by Crippen LogP contribution is -2.48. The van der Waals surface area contributed by atoms with E-state index >= 15 is 0 Å². The molecule has 1 aromatic rings. The van der Waals surface area contributed by atoms with E-state index in [1.807, 2.05) is 6.20 Å². The number of anilines is 1. The number of rotatable bonds is 8. The number of aliphatic imine (C=N–C) groups is 1. The van der Waals surface area contributed by atoms with E-state index in [1.54, 1.807) is 0 Å². The molecule has 0 radical (unpaired) electrons. The Morgan fingerprint density at radius 2 is 2.06 bits per heavy atom. The van der Waals surface area contributed by atoms with Crippen LogP contribution in [0.1, 0.15) is 52.0 Å². The molecule has 0 aliphatic carbocycles. The predicted octanol–water partition coefficient (Wildman–Crippen LogP) is 3.24. The quantitative estimate of drug-likeness (QED) is 0.298. The van der Waals surface area contributed by atoms with E-state index in [-0.39, 0.29) is 30.1 Å². The van der Waals surface area contributed by atoms with Gasteiger partial charge in [0.1, 0.15) is 5.82 Å². The average molecular weight is 545 g/mol. The maximum atomic E-state index is 5.65. The maximum absolute atomic E-state index is 5.65. The highest BCUT2D eigenvalue weighted by atomic mass is 127. The summed E-state index contributed by atoms with van der Waals surface area (Å²) in [5.41, 5.74) is 1.19. The number of hydrogen-bond acceptors (Lipinski definition) is 5. The number of hydrogen-bond donors (Lipinski definition) is 2. The molecule has 0 bridgehead atoms. The molecule has 3 rings (SSSR count). The molecule has 2 fully saturated rings. The summed E-state index contributed by atoms with van der Waals surface area (Å²) in [5, 5.41) is 7.07. The lowest BCUT2D eigenvalue weighted by molar-refractivity contribution is 0.0529. The predicted molar refractivity (Wildman–Crippen MR) is 140 cm³/mol. The summed E-state index contributed by atoms with van der Waals surface area (Å²) in [6.45, 7) is 14.2. The van der Waals surface area contributed by atoms with E-state index in [2.05, 4.69) is 58.3 Å². The van der Waals surface area contributed by atoms with Gasteiger partial charge in [-0.3, -0.25) is 0 Å². The summed E-state index contributed by atoms with van der Waals surface area (Å²) >= 11 is 0. The lowest BCUT2D eigenvalue weighted by Gasteiger charge is -2.33. The smallest absolute Gasteiger partial charge is 0.191 e. The largest absolute Gasteiger partial charge is 0.375 e. The Bertz CT molecular complexity index is 665. The van der Waals surface area contributed by atoms with E-state index in [0.717, 1.165) is 38.0 Å². The van der Waals surface area contributed by atoms with Crippen molar-refractivity contribution in [3.05, 3.63) is 23.9 Å². The number of nitrogens with zero attached hydrogens (tertiary/aromatic N) is 4. The summed E-state index contributed by atoms with van der Waals surface area (Å²) in [5.74, 6) is 1.94. The van der Waals surface area contributed by atoms with Gasteiger partial charge >= 0.3 is 0 Å². The number of unbranched alkanes of at least 4 members (excludes halogenated alkanes) is 1. The van der Waals surface area contributed by atoms with Gasteiger partial charge in [-0.25, -0.2) is 9.98 Å². The van der Waals surface area contributed by atoms with Crippen LogP contribution in [0.15, 0.2) is 23.3 Å². The molecule has 1 atom stereocenters. The first-order valence-electron chi connectivity index (χ1n) is 11.8. The first-order valence-corrected chi connectivity index (χ1v) is 11.8. The molecule has 0 spiro atoms. The zero-order valence-electron chi connectivity index (χ0n) is 19.5. The summed E-state index contributed by atoms with van der Waals surface area (Å²) in [6, 6.07) is 4.73. The van der Waals surface area contributed by atoms with Crippen LogP contribution >= 0.6 is 24.0 Å². The minimum Gasteiger partial charge on any atom is -0.375 e. The van der Waals surface area contributed by atoms with Crippen molar-refractivity contribution in [3.63, 3.8) is 0 Å². The van der Waals surface area contributed by atoms with Crippen LogP contribution in [0.3, 0.4) is 0 Å². The SMILES string of the molecule is CCCCN1CCC(NC(=NCc2ccnc(N3CCOC(C)C3)c2)NCC)CC1.I. The Hall–Kier alpha value is -1.13. The van der Waals surface area contributed by atoms with Gasteiger partial charge in [0.25, 0.3) is 0 Å². The standard InChI is InChI=1S/C23H40N6O.HI/c1-4-6-11-28-12-8-21(9-13-28)27-23(24-5-2)26-17-20-7-10-25-22(16-20)29-14-15-30-19(3)18-29;/h7,10,16,19,21H,4-6,8-9,11-15,17-18H2,1-3H3,(H2,24,26,27);1H. The number of nitrogens with one attached hydrogen (secondary N) is 2. The molecule has 8 heteroatoms. The van der Waals surface area contributed by atoms with E-state index < -0.39 is 0 Å². The number of ether oxygens (including phenoxy) is 1. The summed E-state index contributed by atoms with van der Waals surface area (Å²) < 4.78 is 5.65. The van der Waals surface area contributed by atoms with Crippen LogP contribution in [-0.2, 0) is 11.3 Å². The van der Waals surface area contributed by atoms with E-state index in [9.17, 15) is 0 Å². The van der Waals surface area contributed by atoms with Gasteiger partial charge in [-0.05, 0) is 57.4 Å². The van der Waals surface area contributed by atoms with Crippen LogP contribution in [0.25, 0.3) is 0 Å². The first-order chi connectivity index (χ1) is 14.7. The second-order valence-electron chi connectivity index (χ2n) is 8.46. The number of morpholine rings is 1. The third kappa shape index (κ3) is 8.73. The Morgan fingerprint density at radius 1 is 1.26 bits per heavy atom. The summed E-state index contributed by atoms with van der Waals surface area (Å²) in [7, 11) is 0. The Labute approximate surface area is 205 Å². The molecule has 176 valence electrons. The number of halogens is 1. The number of guanidine groups is 1. The molecule has 31 heavy (non-hydrogen) atoms. The minimum atomic E-state index is 0. The van der Waals surface area contributed by atoms with Gasteiger partial charge in [-0.1, -0.05) is 13.3 Å². The molecular formula is C23H41IN6O. The van der Waals surface area contributed by atoms with Crippen molar-refractivity contribution in [2.75, 3.05) is 50.8 Å². The van der Waals surface area contributed by atoms with Crippen LogP contribution in [0.4, 0.5) is 5.82 Å². The molecule has 2 aliphatic heterocycles. The maximum Gasteiger partial charge on any atom is 0.191 e. The van der Waals surface area contributed by atoms with Crippen LogP contribution in [0.5, 0.6) is 0 Å². The molecule has 1 unspecified atom stereocenters. The molecule has 2 aliphatic rings. The van der Waals surface area contributed by atoms with Crippen LogP contribution in [-0.4, -0.2) is 73.9 Å².